The van der Waals surface area contributed by atoms with Crippen molar-refractivity contribution in [3.8, 4) is 34.4 Å². The third kappa shape index (κ3) is 12.4. The maximum Gasteiger partial charge on any atom is 0.308 e. The molecule has 15 heteroatoms. The molecule has 1 atom stereocenters. The zero-order valence-electron chi connectivity index (χ0n) is 30.4. The van der Waals surface area contributed by atoms with Crippen LogP contribution < -0.4 is 19.9 Å². The molecule has 1 aromatic heterocycles. The van der Waals surface area contributed by atoms with Crippen LogP contribution in [-0.4, -0.2) is 81.3 Å². The Hall–Kier alpha value is -4.16. The Bertz CT molecular complexity index is 1940. The summed E-state index contributed by atoms with van der Waals surface area (Å²) in [5.74, 6) is -0.110. The van der Waals surface area contributed by atoms with E-state index >= 15 is 0 Å². The third-order valence-electron chi connectivity index (χ3n) is 9.02. The van der Waals surface area contributed by atoms with Crippen molar-refractivity contribution >= 4 is 40.8 Å². The molecule has 5 rings (SSSR count). The molecule has 0 bridgehead atoms. The fourth-order valence-corrected chi connectivity index (χ4v) is 6.36. The van der Waals surface area contributed by atoms with Crippen LogP contribution in [0.4, 0.5) is 0 Å². The lowest BCUT2D eigenvalue weighted by molar-refractivity contribution is -0.142. The van der Waals surface area contributed by atoms with Crippen molar-refractivity contribution in [3.63, 3.8) is 0 Å². The Kier molecular flexibility index (Phi) is 16.8. The summed E-state index contributed by atoms with van der Waals surface area (Å²) in [6.45, 7) is 4.26. The van der Waals surface area contributed by atoms with Gasteiger partial charge in [0.25, 0.3) is 0 Å². The van der Waals surface area contributed by atoms with Gasteiger partial charge in [0.05, 0.1) is 52.0 Å². The number of aromatic nitrogens is 1. The molecule has 294 valence electrons. The van der Waals surface area contributed by atoms with Crippen LogP contribution >= 0.6 is 34.8 Å². The van der Waals surface area contributed by atoms with E-state index in [2.05, 4.69) is 16.0 Å². The Morgan fingerprint density at radius 3 is 2.27 bits per heavy atom. The predicted molar refractivity (Wildman–Crippen MR) is 211 cm³/mol. The van der Waals surface area contributed by atoms with E-state index in [1.165, 1.54) is 13.1 Å². The largest absolute Gasteiger partial charge is 0.492 e. The lowest BCUT2D eigenvalue weighted by atomic mass is 9.92. The summed E-state index contributed by atoms with van der Waals surface area (Å²) in [6.07, 6.45) is 5.04. The number of carbonyl (C=O) groups is 1. The molecule has 0 aliphatic carbocycles. The van der Waals surface area contributed by atoms with Crippen molar-refractivity contribution in [2.75, 3.05) is 39.5 Å². The second-order valence-corrected chi connectivity index (χ2v) is 14.3. The molecule has 1 unspecified atom stereocenters. The van der Waals surface area contributed by atoms with Crippen molar-refractivity contribution < 1.29 is 39.4 Å². The highest BCUT2D eigenvalue weighted by Gasteiger charge is 2.31. The molecular formula is C40H45Cl3N4O8. The van der Waals surface area contributed by atoms with Crippen molar-refractivity contribution in [3.05, 3.63) is 104 Å². The molecular weight excluding hydrogens is 771 g/mol. The van der Waals surface area contributed by atoms with Gasteiger partial charge in [0.2, 0.25) is 0 Å². The number of hydrogen-bond donors (Lipinski definition) is 5. The minimum Gasteiger partial charge on any atom is -0.492 e. The number of carboxylic acid groups (broad SMARTS) is 1. The van der Waals surface area contributed by atoms with E-state index in [1.54, 1.807) is 24.4 Å². The van der Waals surface area contributed by atoms with E-state index in [4.69, 9.17) is 70.2 Å². The second kappa shape index (κ2) is 21.2. The van der Waals surface area contributed by atoms with Crippen LogP contribution in [0.15, 0.2) is 67.0 Å². The van der Waals surface area contributed by atoms with Gasteiger partial charge in [-0.05, 0) is 44.4 Å². The van der Waals surface area contributed by atoms with E-state index in [0.29, 0.717) is 62.9 Å². The molecule has 2 heterocycles. The quantitative estimate of drug-likeness (QED) is 0.0775. The topological polar surface area (TPSA) is 192 Å². The summed E-state index contributed by atoms with van der Waals surface area (Å²) in [4.78, 5) is 16.1. The number of nitrogens with two attached hydrogens (primary N) is 1. The number of aliphatic hydroxyl groups is 3. The van der Waals surface area contributed by atoms with Crippen LogP contribution in [0.25, 0.3) is 11.1 Å². The molecule has 1 fully saturated rings. The number of hydrogen-bond acceptors (Lipinski definition) is 11. The van der Waals surface area contributed by atoms with Gasteiger partial charge in [-0.3, -0.25) is 9.78 Å². The van der Waals surface area contributed by atoms with Crippen LogP contribution in [0.5, 0.6) is 17.2 Å². The summed E-state index contributed by atoms with van der Waals surface area (Å²) in [5, 5.41) is 46.2. The number of halogens is 3. The molecule has 0 radical (unpaired) electrons. The number of pyridine rings is 1. The van der Waals surface area contributed by atoms with Gasteiger partial charge >= 0.3 is 5.97 Å². The number of nitriles is 1. The van der Waals surface area contributed by atoms with Gasteiger partial charge in [0.15, 0.2) is 0 Å². The van der Waals surface area contributed by atoms with Crippen molar-refractivity contribution in [2.45, 2.75) is 51.5 Å². The van der Waals surface area contributed by atoms with Crippen LogP contribution in [0.2, 0.25) is 15.1 Å². The van der Waals surface area contributed by atoms with E-state index in [0.717, 1.165) is 48.3 Å². The highest BCUT2D eigenvalue weighted by molar-refractivity contribution is 6.37. The van der Waals surface area contributed by atoms with Crippen LogP contribution in [0.3, 0.4) is 0 Å². The molecule has 55 heavy (non-hydrogen) atoms. The summed E-state index contributed by atoms with van der Waals surface area (Å²) in [6, 6.07) is 18.4. The van der Waals surface area contributed by atoms with E-state index < -0.39 is 17.5 Å². The lowest BCUT2D eigenvalue weighted by Crippen LogP contribution is -2.46. The Labute approximate surface area is 335 Å². The van der Waals surface area contributed by atoms with Crippen LogP contribution in [0, 0.1) is 17.2 Å². The highest BCUT2D eigenvalue weighted by Crippen LogP contribution is 2.40. The molecule has 1 saturated heterocycles. The molecule has 1 aliphatic heterocycles. The average Bonchev–Trinajstić information content (AvgIpc) is 3.20. The van der Waals surface area contributed by atoms with E-state index in [9.17, 15) is 15.0 Å². The van der Waals surface area contributed by atoms with Crippen LogP contribution in [-0.2, 0) is 24.6 Å². The van der Waals surface area contributed by atoms with Gasteiger partial charge in [-0.2, -0.15) is 5.26 Å². The zero-order chi connectivity index (χ0) is 40.0. The molecule has 0 amide bonds. The lowest BCUT2D eigenvalue weighted by Gasteiger charge is -2.36. The Morgan fingerprint density at radius 1 is 0.945 bits per heavy atom. The number of likely N-dealkylation sites (tertiary alicyclic amines) is 1. The maximum absolute atomic E-state index is 10.2. The van der Waals surface area contributed by atoms with Gasteiger partial charge in [-0.15, -0.1) is 0 Å². The van der Waals surface area contributed by atoms with Crippen molar-refractivity contribution in [1.82, 2.24) is 9.88 Å². The minimum atomic E-state index is -0.959. The smallest absolute Gasteiger partial charge is 0.308 e. The minimum absolute atomic E-state index is 0.127. The SMILES string of the molecule is CC(CO)C(=O)O.N#Cc1cncc(COc2cc(OCc3cccc(-c4cccc(OCCCN5CCC(O)(CO)CC5)c4Cl)c3Cl)c(Cl)cc2CN)c1. The first-order valence-electron chi connectivity index (χ1n) is 17.6. The molecule has 1 aliphatic rings. The fraction of sp³-hybridized carbons (Fsp3) is 0.375. The average molecular weight is 816 g/mol. The highest BCUT2D eigenvalue weighted by atomic mass is 35.5. The summed E-state index contributed by atoms with van der Waals surface area (Å²) in [7, 11) is 0. The Morgan fingerprint density at radius 2 is 1.64 bits per heavy atom. The van der Waals surface area contributed by atoms with Gasteiger partial charge in [-0.1, -0.05) is 65.1 Å². The number of carboxylic acids is 1. The summed E-state index contributed by atoms with van der Waals surface area (Å²) >= 11 is 20.3. The molecule has 12 nitrogen and oxygen atoms in total. The maximum atomic E-state index is 10.2. The molecule has 4 aromatic rings. The standard InChI is InChI=1S/C36H37Cl3N4O5.C4H8O3/c37-30-15-27(18-41)32(47-21-25-14-24(17-40)19-42-20-25)16-33(30)48-22-26-4-1-5-28(34(26)38)29-6-2-7-31(35(29)39)46-13-3-10-43-11-8-36(45,23-44)9-12-43;1-3(2-5)4(6)7/h1-2,4-7,14-16,19-20,44-45H,3,8-13,18,21-23,41H2;3,5H,2H2,1H3,(H,6,7). The van der Waals surface area contributed by atoms with Gasteiger partial charge < -0.3 is 45.3 Å². The number of aliphatic hydroxyl groups excluding tert-OH is 2. The van der Waals surface area contributed by atoms with Crippen molar-refractivity contribution in [1.29, 1.82) is 5.26 Å². The van der Waals surface area contributed by atoms with Gasteiger partial charge in [-0.25, -0.2) is 0 Å². The monoisotopic (exact) mass is 814 g/mol. The number of aliphatic carboxylic acids is 1. The van der Waals surface area contributed by atoms with Gasteiger partial charge in [0.1, 0.15) is 36.5 Å². The fourth-order valence-electron chi connectivity index (χ4n) is 5.55. The Balaban J connectivity index is 0.000000876. The van der Waals surface area contributed by atoms with Gasteiger partial charge in [0, 0.05) is 72.5 Å². The molecule has 0 saturated carbocycles. The number of rotatable bonds is 16. The normalized spacial score (nSPS) is 14.2. The number of nitrogens with zero attached hydrogens (tertiary/aromatic N) is 3. The van der Waals surface area contributed by atoms with Crippen molar-refractivity contribution in [2.24, 2.45) is 11.7 Å². The summed E-state index contributed by atoms with van der Waals surface area (Å²) in [5.41, 5.74) is 9.08. The molecule has 6 N–H and O–H groups in total. The molecule has 3 aromatic carbocycles. The first-order valence-corrected chi connectivity index (χ1v) is 18.8. The first kappa shape index (κ1) is 43.6. The first-order chi connectivity index (χ1) is 26.4. The predicted octanol–water partition coefficient (Wildman–Crippen LogP) is 6.48. The number of piperidine rings is 1. The zero-order valence-corrected chi connectivity index (χ0v) is 32.7. The number of benzene rings is 3. The van der Waals surface area contributed by atoms with Crippen LogP contribution in [0.1, 0.15) is 48.4 Å². The number of ether oxygens (including phenoxy) is 3. The van der Waals surface area contributed by atoms with E-state index in [1.807, 2.05) is 36.4 Å². The third-order valence-corrected chi connectivity index (χ3v) is 10.2. The molecule has 0 spiro atoms. The summed E-state index contributed by atoms with van der Waals surface area (Å²) < 4.78 is 18.2. The van der Waals surface area contributed by atoms with E-state index in [-0.39, 0.29) is 33.0 Å². The second-order valence-electron chi connectivity index (χ2n) is 13.1.